The van der Waals surface area contributed by atoms with Crippen LogP contribution < -0.4 is 10.6 Å². The highest BCUT2D eigenvalue weighted by molar-refractivity contribution is 5.87. The lowest BCUT2D eigenvalue weighted by atomic mass is 9.93. The van der Waals surface area contributed by atoms with E-state index < -0.39 is 29.8 Å². The molecule has 3 aliphatic rings. The molecule has 56 heavy (non-hydrogen) atoms. The third-order valence-electron chi connectivity index (χ3n) is 11.8. The van der Waals surface area contributed by atoms with Crippen LogP contribution in [-0.2, 0) is 24.6 Å². The molecule has 0 spiro atoms. The molecule has 4 aromatic rings. The summed E-state index contributed by atoms with van der Waals surface area (Å²) in [6.45, 7) is 8.89. The van der Waals surface area contributed by atoms with Gasteiger partial charge in [-0.2, -0.15) is 0 Å². The minimum absolute atomic E-state index is 0.104. The van der Waals surface area contributed by atoms with Crippen LogP contribution in [0.4, 0.5) is 9.59 Å². The molecule has 7 rings (SSSR count). The molecule has 5 atom stereocenters. The van der Waals surface area contributed by atoms with Crippen LogP contribution in [0.2, 0.25) is 0 Å². The number of rotatable bonds is 11. The van der Waals surface area contributed by atoms with Gasteiger partial charge in [-0.05, 0) is 72.1 Å². The second-order valence-corrected chi connectivity index (χ2v) is 16.0. The fourth-order valence-electron chi connectivity index (χ4n) is 8.70. The van der Waals surface area contributed by atoms with E-state index in [2.05, 4.69) is 74.1 Å². The quantitative estimate of drug-likeness (QED) is 0.136. The van der Waals surface area contributed by atoms with E-state index >= 15 is 0 Å². The second kappa shape index (κ2) is 15.8. The average molecular weight is 765 g/mol. The first-order chi connectivity index (χ1) is 26.9. The molecule has 2 aromatic carbocycles. The number of methoxy groups -OCH3 is 2. The van der Waals surface area contributed by atoms with E-state index in [0.29, 0.717) is 19.0 Å². The lowest BCUT2D eigenvalue weighted by Gasteiger charge is -2.40. The predicted octanol–water partition coefficient (Wildman–Crippen LogP) is 6.40. The first kappa shape index (κ1) is 38.6. The zero-order valence-corrected chi connectivity index (χ0v) is 32.9. The predicted molar refractivity (Wildman–Crippen MR) is 210 cm³/mol. The van der Waals surface area contributed by atoms with E-state index in [4.69, 9.17) is 14.5 Å². The molecule has 4 heterocycles. The van der Waals surface area contributed by atoms with E-state index in [9.17, 15) is 19.2 Å². The summed E-state index contributed by atoms with van der Waals surface area (Å²) in [6, 6.07) is 15.0. The zero-order valence-electron chi connectivity index (χ0n) is 32.9. The Morgan fingerprint density at radius 2 is 1.29 bits per heavy atom. The SMILES string of the molecule is COC(=O)N[C@H](C(=O)N1CCC[C@H]1c1ncc(-c2ccc(-c3ccc(-c4cnc(C56CC[C@H](CN5C(=O)[C@@H](NC(=O)OC)C(C)C)C6)[nH]4)cc3)cc2)[nH]1)C(C)C. The highest BCUT2D eigenvalue weighted by Gasteiger charge is 2.56. The van der Waals surface area contributed by atoms with E-state index in [-0.39, 0.29) is 29.7 Å². The number of aromatic nitrogens is 4. The Morgan fingerprint density at radius 1 is 0.750 bits per heavy atom. The number of nitrogens with one attached hydrogen (secondary N) is 4. The van der Waals surface area contributed by atoms with Gasteiger partial charge >= 0.3 is 12.2 Å². The normalized spacial score (nSPS) is 21.4. The fourth-order valence-corrected chi connectivity index (χ4v) is 8.70. The number of likely N-dealkylation sites (tertiary alicyclic amines) is 2. The molecule has 4 amide bonds. The number of amides is 4. The monoisotopic (exact) mass is 764 g/mol. The number of hydrogen-bond donors (Lipinski definition) is 4. The minimum atomic E-state index is -0.687. The molecule has 0 radical (unpaired) electrons. The maximum absolute atomic E-state index is 13.9. The molecule has 1 unspecified atom stereocenters. The lowest BCUT2D eigenvalue weighted by Crippen LogP contribution is -2.56. The van der Waals surface area contributed by atoms with Crippen molar-refractivity contribution in [1.82, 2.24) is 40.4 Å². The maximum Gasteiger partial charge on any atom is 0.407 e. The number of carbonyl (C=O) groups excluding carboxylic acids is 4. The standard InChI is InChI=1S/C42H52N8O6/c1-24(2)34(47-40(53)55-5)37(51)49-19-7-8-33(49)36-43-21-31(45-36)29-13-9-27(10-14-29)28-11-15-30(16-12-28)32-22-44-39(46-32)42-18-17-26(20-42)23-50(42)38(52)35(25(3)4)48-41(54)56-6/h9-16,21-22,24-26,33-35H,7-8,17-20,23H2,1-6H3,(H,43,45)(H,44,46)(H,47,53)(H,48,54)/t26-,33-,34-,35-,42?/m0/s1. The molecular formula is C42H52N8O6. The molecule has 2 bridgehead atoms. The second-order valence-electron chi connectivity index (χ2n) is 16.0. The van der Waals surface area contributed by atoms with Gasteiger partial charge in [0.15, 0.2) is 0 Å². The fraction of sp³-hybridized carbons (Fsp3) is 0.476. The van der Waals surface area contributed by atoms with Gasteiger partial charge in [-0.15, -0.1) is 0 Å². The Morgan fingerprint density at radius 3 is 1.84 bits per heavy atom. The van der Waals surface area contributed by atoms with Crippen LogP contribution in [0.15, 0.2) is 60.9 Å². The molecule has 2 saturated heterocycles. The molecule has 3 fully saturated rings. The van der Waals surface area contributed by atoms with Crippen molar-refractivity contribution in [3.8, 4) is 33.6 Å². The summed E-state index contributed by atoms with van der Waals surface area (Å²) in [5.74, 6) is 1.45. The van der Waals surface area contributed by atoms with E-state index in [0.717, 1.165) is 77.4 Å². The number of nitrogens with zero attached hydrogens (tertiary/aromatic N) is 4. The van der Waals surface area contributed by atoms with Crippen molar-refractivity contribution in [2.24, 2.45) is 17.8 Å². The van der Waals surface area contributed by atoms with Crippen molar-refractivity contribution in [3.05, 3.63) is 72.6 Å². The van der Waals surface area contributed by atoms with Gasteiger partial charge in [-0.25, -0.2) is 19.6 Å². The van der Waals surface area contributed by atoms with E-state index in [1.165, 1.54) is 14.2 Å². The number of alkyl carbamates (subject to hydrolysis) is 2. The number of imidazole rings is 2. The molecule has 296 valence electrons. The first-order valence-electron chi connectivity index (χ1n) is 19.5. The Bertz CT molecular complexity index is 2060. The largest absolute Gasteiger partial charge is 0.453 e. The molecule has 14 nitrogen and oxygen atoms in total. The zero-order chi connectivity index (χ0) is 39.7. The topological polar surface area (TPSA) is 175 Å². The number of benzene rings is 2. The molecule has 14 heteroatoms. The third kappa shape index (κ3) is 7.36. The van der Waals surface area contributed by atoms with Gasteiger partial charge in [-0.3, -0.25) is 9.59 Å². The van der Waals surface area contributed by atoms with Gasteiger partial charge in [0.25, 0.3) is 0 Å². The number of fused-ring (bicyclic) bond motifs is 2. The van der Waals surface area contributed by atoms with Gasteiger partial charge in [0, 0.05) is 13.1 Å². The number of hydrogen-bond acceptors (Lipinski definition) is 8. The molecular weight excluding hydrogens is 713 g/mol. The van der Waals surface area contributed by atoms with Crippen molar-refractivity contribution >= 4 is 24.0 Å². The number of piperidine rings is 1. The van der Waals surface area contributed by atoms with Gasteiger partial charge in [0.05, 0.1) is 44.0 Å². The van der Waals surface area contributed by atoms with Crippen molar-refractivity contribution in [2.75, 3.05) is 27.3 Å². The number of H-pyrrole nitrogens is 2. The molecule has 1 saturated carbocycles. The van der Waals surface area contributed by atoms with Crippen LogP contribution in [-0.4, -0.2) is 93.1 Å². The maximum atomic E-state index is 13.9. The van der Waals surface area contributed by atoms with Gasteiger partial charge in [-0.1, -0.05) is 76.2 Å². The summed E-state index contributed by atoms with van der Waals surface area (Å²) in [4.78, 5) is 71.7. The van der Waals surface area contributed by atoms with Gasteiger partial charge in [0.2, 0.25) is 11.8 Å². The van der Waals surface area contributed by atoms with Crippen LogP contribution in [0.1, 0.15) is 77.5 Å². The molecule has 4 N–H and O–H groups in total. The molecule has 2 aromatic heterocycles. The average Bonchev–Trinajstić information content (AvgIpc) is 4.06. The van der Waals surface area contributed by atoms with Gasteiger partial charge in [0.1, 0.15) is 29.3 Å². The summed E-state index contributed by atoms with van der Waals surface area (Å²) < 4.78 is 9.57. The van der Waals surface area contributed by atoms with Crippen molar-refractivity contribution in [2.45, 2.75) is 83.5 Å². The smallest absolute Gasteiger partial charge is 0.407 e. The summed E-state index contributed by atoms with van der Waals surface area (Å²) in [5.41, 5.74) is 5.30. The van der Waals surface area contributed by atoms with E-state index in [1.807, 2.05) is 43.7 Å². The lowest BCUT2D eigenvalue weighted by molar-refractivity contribution is -0.140. The summed E-state index contributed by atoms with van der Waals surface area (Å²) >= 11 is 0. The van der Waals surface area contributed by atoms with Crippen molar-refractivity contribution < 1.29 is 28.7 Å². The number of ether oxygens (including phenoxy) is 2. The van der Waals surface area contributed by atoms with Crippen molar-refractivity contribution in [1.29, 1.82) is 0 Å². The highest BCUT2D eigenvalue weighted by atomic mass is 16.5. The van der Waals surface area contributed by atoms with Crippen LogP contribution in [0, 0.1) is 17.8 Å². The highest BCUT2D eigenvalue weighted by Crippen LogP contribution is 2.52. The summed E-state index contributed by atoms with van der Waals surface area (Å²) in [6.07, 6.45) is 6.74. The first-order valence-corrected chi connectivity index (χ1v) is 19.5. The Kier molecular flexibility index (Phi) is 10.9. The van der Waals surface area contributed by atoms with Gasteiger partial charge < -0.3 is 39.9 Å². The van der Waals surface area contributed by atoms with Crippen LogP contribution >= 0.6 is 0 Å². The minimum Gasteiger partial charge on any atom is -0.453 e. The third-order valence-corrected chi connectivity index (χ3v) is 11.8. The van der Waals surface area contributed by atoms with Crippen LogP contribution in [0.3, 0.4) is 0 Å². The summed E-state index contributed by atoms with van der Waals surface area (Å²) in [5, 5.41) is 5.44. The molecule has 1 aliphatic carbocycles. The Hall–Kier alpha value is -5.66. The Balaban J connectivity index is 1.03. The van der Waals surface area contributed by atoms with Crippen molar-refractivity contribution in [3.63, 3.8) is 0 Å². The van der Waals surface area contributed by atoms with Crippen LogP contribution in [0.5, 0.6) is 0 Å². The Labute approximate surface area is 327 Å². The van der Waals surface area contributed by atoms with E-state index in [1.54, 1.807) is 6.20 Å². The molecule has 2 aliphatic heterocycles. The number of carbonyl (C=O) groups is 4. The van der Waals surface area contributed by atoms with Crippen LogP contribution in [0.25, 0.3) is 33.6 Å². The number of aromatic amines is 2. The summed E-state index contributed by atoms with van der Waals surface area (Å²) in [7, 11) is 2.59.